The van der Waals surface area contributed by atoms with Crippen LogP contribution in [0.25, 0.3) is 0 Å². The van der Waals surface area contributed by atoms with E-state index in [2.05, 4.69) is 24.8 Å². The number of hydrogen-bond donors (Lipinski definition) is 1. The summed E-state index contributed by atoms with van der Waals surface area (Å²) in [7, 11) is 0. The molecule has 3 heteroatoms. The second-order valence-electron chi connectivity index (χ2n) is 4.35. The maximum atomic E-state index is 8.60. The Morgan fingerprint density at radius 2 is 2.23 bits per heavy atom. The molecule has 2 N–H and O–H groups in total. The normalized spacial score (nSPS) is 30.4. The molecule has 0 aromatic carbocycles. The number of nitrogens with two attached hydrogens (primary N) is 1. The Morgan fingerprint density at radius 1 is 1.54 bits per heavy atom. The third-order valence-corrected chi connectivity index (χ3v) is 2.83. The van der Waals surface area contributed by atoms with Crippen LogP contribution >= 0.6 is 0 Å². The molecule has 3 nitrogen and oxygen atoms in total. The topological polar surface area (TPSA) is 53.0 Å². The predicted molar refractivity (Wildman–Crippen MR) is 53.0 cm³/mol. The third kappa shape index (κ3) is 2.98. The highest BCUT2D eigenvalue weighted by Gasteiger charge is 2.26. The van der Waals surface area contributed by atoms with Gasteiger partial charge >= 0.3 is 0 Å². The molecular weight excluding hydrogens is 162 g/mol. The van der Waals surface area contributed by atoms with E-state index >= 15 is 0 Å². The molecule has 2 unspecified atom stereocenters. The Morgan fingerprint density at radius 3 is 2.77 bits per heavy atom. The van der Waals surface area contributed by atoms with Gasteiger partial charge in [-0.25, -0.2) is 0 Å². The molecule has 74 valence electrons. The minimum Gasteiger partial charge on any atom is -0.327 e. The van der Waals surface area contributed by atoms with Crippen LogP contribution in [0.3, 0.4) is 0 Å². The van der Waals surface area contributed by atoms with Crippen molar-refractivity contribution >= 4 is 0 Å². The van der Waals surface area contributed by atoms with E-state index in [9.17, 15) is 0 Å². The number of hydrogen-bond acceptors (Lipinski definition) is 3. The van der Waals surface area contributed by atoms with Crippen molar-refractivity contribution in [1.29, 1.82) is 5.26 Å². The van der Waals surface area contributed by atoms with E-state index in [-0.39, 0.29) is 6.04 Å². The monoisotopic (exact) mass is 181 g/mol. The molecule has 0 bridgehead atoms. The van der Waals surface area contributed by atoms with Crippen molar-refractivity contribution < 1.29 is 0 Å². The third-order valence-electron chi connectivity index (χ3n) is 2.83. The molecule has 0 aliphatic carbocycles. The Labute approximate surface area is 80.5 Å². The fraction of sp³-hybridized carbons (Fsp3) is 0.900. The molecule has 1 heterocycles. The Hall–Kier alpha value is -0.590. The lowest BCUT2D eigenvalue weighted by Gasteiger charge is -2.36. The molecule has 1 aliphatic rings. The molecule has 0 spiro atoms. The van der Waals surface area contributed by atoms with Crippen molar-refractivity contribution in [2.24, 2.45) is 17.6 Å². The van der Waals surface area contributed by atoms with Crippen LogP contribution in [0.2, 0.25) is 0 Å². The largest absolute Gasteiger partial charge is 0.327 e. The molecule has 0 radical (unpaired) electrons. The molecule has 1 saturated heterocycles. The number of nitrogens with zero attached hydrogens (tertiary/aromatic N) is 2. The summed E-state index contributed by atoms with van der Waals surface area (Å²) in [4.78, 5) is 2.17. The zero-order valence-electron chi connectivity index (χ0n) is 8.53. The van der Waals surface area contributed by atoms with Gasteiger partial charge in [-0.1, -0.05) is 13.8 Å². The first-order valence-corrected chi connectivity index (χ1v) is 4.98. The fourth-order valence-electron chi connectivity index (χ4n) is 1.99. The lowest BCUT2D eigenvalue weighted by molar-refractivity contribution is 0.143. The molecule has 1 aliphatic heterocycles. The van der Waals surface area contributed by atoms with Gasteiger partial charge in [0.1, 0.15) is 0 Å². The van der Waals surface area contributed by atoms with Crippen LogP contribution < -0.4 is 5.73 Å². The van der Waals surface area contributed by atoms with Crippen LogP contribution in [0.4, 0.5) is 0 Å². The summed E-state index contributed by atoms with van der Waals surface area (Å²) in [6.07, 6.45) is 1.11. The summed E-state index contributed by atoms with van der Waals surface area (Å²) in [5.41, 5.74) is 5.93. The van der Waals surface area contributed by atoms with Crippen LogP contribution in [0.15, 0.2) is 0 Å². The van der Waals surface area contributed by atoms with Gasteiger partial charge in [0.2, 0.25) is 0 Å². The van der Waals surface area contributed by atoms with E-state index in [1.165, 1.54) is 0 Å². The van der Waals surface area contributed by atoms with Gasteiger partial charge in [0, 0.05) is 19.1 Å². The Bertz CT molecular complexity index is 195. The van der Waals surface area contributed by atoms with Crippen molar-refractivity contribution in [1.82, 2.24) is 4.90 Å². The number of piperidine rings is 1. The Kier molecular flexibility index (Phi) is 3.71. The predicted octanol–water partition coefficient (Wildman–Crippen LogP) is 0.815. The summed E-state index contributed by atoms with van der Waals surface area (Å²) in [5, 5.41) is 8.60. The van der Waals surface area contributed by atoms with Gasteiger partial charge in [0.15, 0.2) is 0 Å². The first-order chi connectivity index (χ1) is 6.13. The van der Waals surface area contributed by atoms with Gasteiger partial charge in [-0.15, -0.1) is 0 Å². The van der Waals surface area contributed by atoms with E-state index in [0.29, 0.717) is 18.4 Å². The first-order valence-electron chi connectivity index (χ1n) is 4.98. The van der Waals surface area contributed by atoms with Gasteiger partial charge < -0.3 is 5.73 Å². The molecule has 1 fully saturated rings. The minimum atomic E-state index is 0.259. The number of rotatable bonds is 2. The van der Waals surface area contributed by atoms with Crippen LogP contribution in [-0.2, 0) is 0 Å². The molecule has 0 saturated carbocycles. The number of likely N-dealkylation sites (tertiary alicyclic amines) is 1. The van der Waals surface area contributed by atoms with Gasteiger partial charge in [-0.05, 0) is 18.3 Å². The molecule has 0 aromatic heterocycles. The second kappa shape index (κ2) is 4.59. The van der Waals surface area contributed by atoms with Crippen LogP contribution in [0.1, 0.15) is 20.3 Å². The lowest BCUT2D eigenvalue weighted by Crippen LogP contribution is -2.48. The standard InChI is InChI=1S/C10H19N3/c1-8(2)9-5-10(12)7-13(6-9)4-3-11/h8-10H,4-7,12H2,1-2H3. The zero-order chi connectivity index (χ0) is 9.84. The van der Waals surface area contributed by atoms with Crippen LogP contribution in [0, 0.1) is 23.2 Å². The average molecular weight is 181 g/mol. The maximum Gasteiger partial charge on any atom is 0.0866 e. The summed E-state index contributed by atoms with van der Waals surface area (Å²) >= 11 is 0. The van der Waals surface area contributed by atoms with Gasteiger partial charge in [0.05, 0.1) is 12.6 Å². The molecular formula is C10H19N3. The lowest BCUT2D eigenvalue weighted by atomic mass is 9.86. The van der Waals surface area contributed by atoms with E-state index in [0.717, 1.165) is 19.5 Å². The summed E-state index contributed by atoms with van der Waals surface area (Å²) < 4.78 is 0. The highest BCUT2D eigenvalue weighted by atomic mass is 15.1. The molecule has 13 heavy (non-hydrogen) atoms. The van der Waals surface area contributed by atoms with Gasteiger partial charge in [0.25, 0.3) is 0 Å². The van der Waals surface area contributed by atoms with Crippen molar-refractivity contribution in [3.63, 3.8) is 0 Å². The summed E-state index contributed by atoms with van der Waals surface area (Å²) in [5.74, 6) is 1.34. The van der Waals surface area contributed by atoms with Gasteiger partial charge in [-0.2, -0.15) is 5.26 Å². The second-order valence-corrected chi connectivity index (χ2v) is 4.35. The molecule has 0 amide bonds. The van der Waals surface area contributed by atoms with Gasteiger partial charge in [-0.3, -0.25) is 4.90 Å². The van der Waals surface area contributed by atoms with E-state index in [4.69, 9.17) is 11.0 Å². The van der Waals surface area contributed by atoms with E-state index < -0.39 is 0 Å². The summed E-state index contributed by atoms with van der Waals surface area (Å²) in [6, 6.07) is 2.45. The zero-order valence-corrected chi connectivity index (χ0v) is 8.53. The van der Waals surface area contributed by atoms with E-state index in [1.807, 2.05) is 0 Å². The van der Waals surface area contributed by atoms with Crippen LogP contribution in [0.5, 0.6) is 0 Å². The van der Waals surface area contributed by atoms with Crippen LogP contribution in [-0.4, -0.2) is 30.6 Å². The van der Waals surface area contributed by atoms with E-state index in [1.54, 1.807) is 0 Å². The highest BCUT2D eigenvalue weighted by molar-refractivity contribution is 4.87. The minimum absolute atomic E-state index is 0.259. The van der Waals surface area contributed by atoms with Crippen molar-refractivity contribution in [3.8, 4) is 6.07 Å². The number of nitriles is 1. The fourth-order valence-corrected chi connectivity index (χ4v) is 1.99. The summed E-state index contributed by atoms with van der Waals surface area (Å²) in [6.45, 7) is 6.91. The molecule has 1 rings (SSSR count). The smallest absolute Gasteiger partial charge is 0.0866 e. The van der Waals surface area contributed by atoms with Crippen molar-refractivity contribution in [3.05, 3.63) is 0 Å². The van der Waals surface area contributed by atoms with Crippen molar-refractivity contribution in [2.75, 3.05) is 19.6 Å². The quantitative estimate of drug-likeness (QED) is 0.641. The first kappa shape index (κ1) is 10.5. The van der Waals surface area contributed by atoms with Crippen molar-refractivity contribution in [2.45, 2.75) is 26.3 Å². The molecule has 0 aromatic rings. The maximum absolute atomic E-state index is 8.60. The SMILES string of the molecule is CC(C)C1CC(N)CN(CC#N)C1. The average Bonchev–Trinajstić information content (AvgIpc) is 2.03. The molecule has 2 atom stereocenters. The highest BCUT2D eigenvalue weighted by Crippen LogP contribution is 2.22. The Balaban J connectivity index is 2.48.